The van der Waals surface area contributed by atoms with E-state index in [1.54, 1.807) is 36.5 Å². The molecule has 2 rings (SSSR count). The van der Waals surface area contributed by atoms with Gasteiger partial charge in [-0.3, -0.25) is 14.6 Å². The topological polar surface area (TPSA) is 68.3 Å². The number of para-hydroxylation sites is 1. The molecule has 1 aromatic heterocycles. The number of carbonyl (C=O) groups is 2. The number of pyridine rings is 1. The summed E-state index contributed by atoms with van der Waals surface area (Å²) in [6, 6.07) is 8.77. The summed E-state index contributed by atoms with van der Waals surface area (Å²) >= 11 is 3.27. The zero-order valence-corrected chi connectivity index (χ0v) is 12.9. The molecule has 0 spiro atoms. The number of hydrogen-bond donors (Lipinski definition) is 1. The molecule has 0 aliphatic carbocycles. The highest BCUT2D eigenvalue weighted by molar-refractivity contribution is 9.10. The molecule has 5 nitrogen and oxygen atoms in total. The van der Waals surface area contributed by atoms with E-state index in [4.69, 9.17) is 0 Å². The quantitative estimate of drug-likeness (QED) is 0.862. The number of ether oxygens (including phenoxy) is 1. The third kappa shape index (κ3) is 4.13. The van der Waals surface area contributed by atoms with Crippen LogP contribution in [0.25, 0.3) is 0 Å². The first-order chi connectivity index (χ1) is 10.1. The van der Waals surface area contributed by atoms with Gasteiger partial charge in [-0.1, -0.05) is 18.2 Å². The molecule has 6 heteroatoms. The first kappa shape index (κ1) is 15.2. The Bertz CT molecular complexity index is 673. The second-order valence-electron chi connectivity index (χ2n) is 4.26. The number of amides is 1. The van der Waals surface area contributed by atoms with Crippen LogP contribution in [0.15, 0.2) is 47.2 Å². The van der Waals surface area contributed by atoms with Crippen molar-refractivity contribution < 1.29 is 14.3 Å². The molecule has 0 aliphatic heterocycles. The van der Waals surface area contributed by atoms with Gasteiger partial charge in [-0.05, 0) is 33.6 Å². The predicted octanol–water partition coefficient (Wildman–Crippen LogP) is 2.81. The molecule has 108 valence electrons. The van der Waals surface area contributed by atoms with Gasteiger partial charge in [0.2, 0.25) is 0 Å². The third-order valence-electron chi connectivity index (χ3n) is 2.80. The Kier molecular flexibility index (Phi) is 5.05. The molecule has 0 saturated carbocycles. The van der Waals surface area contributed by atoms with E-state index >= 15 is 0 Å². The number of nitrogens with zero attached hydrogens (tertiary/aromatic N) is 1. The number of esters is 1. The second-order valence-corrected chi connectivity index (χ2v) is 5.17. The van der Waals surface area contributed by atoms with Crippen molar-refractivity contribution in [3.05, 3.63) is 58.3 Å². The zero-order chi connectivity index (χ0) is 15.2. The smallest absolute Gasteiger partial charge is 0.310 e. The van der Waals surface area contributed by atoms with Gasteiger partial charge in [0.15, 0.2) is 0 Å². The van der Waals surface area contributed by atoms with Crippen LogP contribution in [0.5, 0.6) is 0 Å². The van der Waals surface area contributed by atoms with Crippen molar-refractivity contribution >= 4 is 33.5 Å². The fourth-order valence-corrected chi connectivity index (χ4v) is 2.12. The van der Waals surface area contributed by atoms with Gasteiger partial charge in [-0.2, -0.15) is 0 Å². The number of methoxy groups -OCH3 is 1. The SMILES string of the molecule is COC(=O)Cc1ccccc1NC(=O)c1cncc(Br)c1. The van der Waals surface area contributed by atoms with Crippen LogP contribution in [-0.2, 0) is 16.0 Å². The molecule has 2 aromatic rings. The maximum atomic E-state index is 12.2. The van der Waals surface area contributed by atoms with Gasteiger partial charge in [0.1, 0.15) is 0 Å². The Labute approximate surface area is 130 Å². The van der Waals surface area contributed by atoms with E-state index in [0.717, 1.165) is 4.47 Å². The average Bonchev–Trinajstić information content (AvgIpc) is 2.49. The van der Waals surface area contributed by atoms with E-state index in [0.29, 0.717) is 16.8 Å². The first-order valence-corrected chi connectivity index (χ1v) is 6.96. The Morgan fingerprint density at radius 2 is 2.05 bits per heavy atom. The molecule has 0 aliphatic rings. The summed E-state index contributed by atoms with van der Waals surface area (Å²) in [4.78, 5) is 27.5. The van der Waals surface area contributed by atoms with Crippen LogP contribution in [0.2, 0.25) is 0 Å². The lowest BCUT2D eigenvalue weighted by Gasteiger charge is -2.10. The first-order valence-electron chi connectivity index (χ1n) is 6.17. The predicted molar refractivity (Wildman–Crippen MR) is 82.1 cm³/mol. The molecule has 1 aromatic carbocycles. The van der Waals surface area contributed by atoms with Crippen LogP contribution in [-0.4, -0.2) is 24.0 Å². The minimum Gasteiger partial charge on any atom is -0.469 e. The van der Waals surface area contributed by atoms with Crippen LogP contribution in [0.1, 0.15) is 15.9 Å². The summed E-state index contributed by atoms with van der Waals surface area (Å²) in [7, 11) is 1.33. The van der Waals surface area contributed by atoms with Crippen molar-refractivity contribution in [3.8, 4) is 0 Å². The lowest BCUT2D eigenvalue weighted by atomic mass is 10.1. The molecule has 1 amide bonds. The number of halogens is 1. The molecular formula is C15H13BrN2O3. The summed E-state index contributed by atoms with van der Waals surface area (Å²) < 4.78 is 5.37. The van der Waals surface area contributed by atoms with Gasteiger partial charge in [-0.15, -0.1) is 0 Å². The number of carbonyl (C=O) groups excluding carboxylic acids is 2. The normalized spacial score (nSPS) is 10.0. The number of benzene rings is 1. The Morgan fingerprint density at radius 3 is 2.76 bits per heavy atom. The number of hydrogen-bond acceptors (Lipinski definition) is 4. The van der Waals surface area contributed by atoms with Crippen LogP contribution in [0.4, 0.5) is 5.69 Å². The number of aromatic nitrogens is 1. The summed E-state index contributed by atoms with van der Waals surface area (Å²) in [6.07, 6.45) is 3.18. The Hall–Kier alpha value is -2.21. The van der Waals surface area contributed by atoms with E-state index in [1.807, 2.05) is 0 Å². The highest BCUT2D eigenvalue weighted by atomic mass is 79.9. The van der Waals surface area contributed by atoms with Crippen LogP contribution in [0, 0.1) is 0 Å². The Balaban J connectivity index is 2.19. The van der Waals surface area contributed by atoms with Crippen molar-refractivity contribution in [2.24, 2.45) is 0 Å². The van der Waals surface area contributed by atoms with Gasteiger partial charge in [0.25, 0.3) is 5.91 Å². The fraction of sp³-hybridized carbons (Fsp3) is 0.133. The van der Waals surface area contributed by atoms with Crippen LogP contribution in [0.3, 0.4) is 0 Å². The summed E-state index contributed by atoms with van der Waals surface area (Å²) in [5, 5.41) is 2.78. The lowest BCUT2D eigenvalue weighted by Crippen LogP contribution is -2.15. The van der Waals surface area contributed by atoms with Crippen LogP contribution >= 0.6 is 15.9 Å². The van der Waals surface area contributed by atoms with Gasteiger partial charge in [0, 0.05) is 22.6 Å². The van der Waals surface area contributed by atoms with E-state index in [1.165, 1.54) is 13.3 Å². The number of nitrogens with one attached hydrogen (secondary N) is 1. The molecular weight excluding hydrogens is 336 g/mol. The van der Waals surface area contributed by atoms with Crippen molar-refractivity contribution in [3.63, 3.8) is 0 Å². The van der Waals surface area contributed by atoms with Crippen molar-refractivity contribution in [1.29, 1.82) is 0 Å². The number of rotatable bonds is 4. The van der Waals surface area contributed by atoms with E-state index in [9.17, 15) is 9.59 Å². The summed E-state index contributed by atoms with van der Waals surface area (Å²) in [5.74, 6) is -0.651. The molecule has 1 heterocycles. The molecule has 0 saturated heterocycles. The standard InChI is InChI=1S/C15H13BrN2O3/c1-21-14(19)7-10-4-2-3-5-13(10)18-15(20)11-6-12(16)9-17-8-11/h2-6,8-9H,7H2,1H3,(H,18,20). The summed E-state index contributed by atoms with van der Waals surface area (Å²) in [6.45, 7) is 0. The molecule has 0 bridgehead atoms. The van der Waals surface area contributed by atoms with Gasteiger partial charge < -0.3 is 10.1 Å². The average molecular weight is 349 g/mol. The molecule has 0 atom stereocenters. The Morgan fingerprint density at radius 1 is 1.29 bits per heavy atom. The van der Waals surface area contributed by atoms with Crippen LogP contribution < -0.4 is 5.32 Å². The fourth-order valence-electron chi connectivity index (χ4n) is 1.75. The molecule has 0 unspecified atom stereocenters. The minimum absolute atomic E-state index is 0.101. The maximum Gasteiger partial charge on any atom is 0.310 e. The molecule has 21 heavy (non-hydrogen) atoms. The summed E-state index contributed by atoms with van der Waals surface area (Å²) in [5.41, 5.74) is 1.70. The van der Waals surface area contributed by atoms with Gasteiger partial charge in [0.05, 0.1) is 19.1 Å². The van der Waals surface area contributed by atoms with Crippen molar-refractivity contribution in [2.45, 2.75) is 6.42 Å². The molecule has 0 radical (unpaired) electrons. The van der Waals surface area contributed by atoms with E-state index in [2.05, 4.69) is 31.0 Å². The maximum absolute atomic E-state index is 12.2. The molecule has 1 N–H and O–H groups in total. The monoisotopic (exact) mass is 348 g/mol. The second kappa shape index (κ2) is 6.99. The third-order valence-corrected chi connectivity index (χ3v) is 3.23. The van der Waals surface area contributed by atoms with E-state index in [-0.39, 0.29) is 18.3 Å². The zero-order valence-electron chi connectivity index (χ0n) is 11.3. The number of anilines is 1. The van der Waals surface area contributed by atoms with Gasteiger partial charge >= 0.3 is 5.97 Å². The van der Waals surface area contributed by atoms with Gasteiger partial charge in [-0.25, -0.2) is 0 Å². The lowest BCUT2D eigenvalue weighted by molar-refractivity contribution is -0.139. The van der Waals surface area contributed by atoms with E-state index < -0.39 is 0 Å². The molecule has 0 fully saturated rings. The van der Waals surface area contributed by atoms with Crippen molar-refractivity contribution in [1.82, 2.24) is 4.98 Å². The van der Waals surface area contributed by atoms with Crippen molar-refractivity contribution in [2.75, 3.05) is 12.4 Å². The highest BCUT2D eigenvalue weighted by Crippen LogP contribution is 2.18. The minimum atomic E-state index is -0.360. The highest BCUT2D eigenvalue weighted by Gasteiger charge is 2.12. The largest absolute Gasteiger partial charge is 0.469 e.